The monoisotopic (exact) mass is 289 g/mol. The first-order chi connectivity index (χ1) is 10.2. The van der Waals surface area contributed by atoms with Crippen LogP contribution in [0.25, 0.3) is 0 Å². The number of hydrogen-bond acceptors (Lipinski definition) is 4. The Bertz CT molecular complexity index is 559. The standard InChI is InChI=1S/C16H23N3O2/c1-5-17-15(12-8-7-9-13(10-12)20-3)16-14(21-4)11-18-19(16)6-2/h7-11,15,17H,5-6H2,1-4H3. The Labute approximate surface area is 125 Å². The van der Waals surface area contributed by atoms with E-state index in [2.05, 4.69) is 30.3 Å². The highest BCUT2D eigenvalue weighted by atomic mass is 16.5. The molecule has 1 aromatic heterocycles. The molecule has 0 fully saturated rings. The maximum atomic E-state index is 5.48. The third-order valence-corrected chi connectivity index (χ3v) is 3.47. The van der Waals surface area contributed by atoms with Crippen molar-refractivity contribution in [2.45, 2.75) is 26.4 Å². The molecule has 0 spiro atoms. The predicted molar refractivity (Wildman–Crippen MR) is 83.0 cm³/mol. The second-order valence-corrected chi connectivity index (χ2v) is 4.68. The molecule has 0 aliphatic heterocycles. The number of ether oxygens (including phenoxy) is 2. The molecule has 2 rings (SSSR count). The van der Waals surface area contributed by atoms with Crippen LogP contribution in [-0.4, -0.2) is 30.5 Å². The zero-order valence-electron chi connectivity index (χ0n) is 13.1. The second-order valence-electron chi connectivity index (χ2n) is 4.68. The SMILES string of the molecule is CCNC(c1cccc(OC)c1)c1c(OC)cnn1CC. The van der Waals surface area contributed by atoms with E-state index < -0.39 is 0 Å². The number of nitrogens with zero attached hydrogens (tertiary/aromatic N) is 2. The molecule has 0 saturated heterocycles. The molecule has 0 radical (unpaired) electrons. The minimum atomic E-state index is 0.0162. The van der Waals surface area contributed by atoms with Crippen LogP contribution in [0.1, 0.15) is 31.1 Å². The number of hydrogen-bond donors (Lipinski definition) is 1. The van der Waals surface area contributed by atoms with Crippen molar-refractivity contribution >= 4 is 0 Å². The number of aromatic nitrogens is 2. The summed E-state index contributed by atoms with van der Waals surface area (Å²) in [6.07, 6.45) is 1.77. The maximum absolute atomic E-state index is 5.48. The Kier molecular flexibility index (Phi) is 5.22. The van der Waals surface area contributed by atoms with Gasteiger partial charge in [0.15, 0.2) is 5.75 Å². The zero-order valence-corrected chi connectivity index (χ0v) is 13.1. The minimum absolute atomic E-state index is 0.0162. The Morgan fingerprint density at radius 3 is 2.67 bits per heavy atom. The molecule has 1 unspecified atom stereocenters. The zero-order chi connectivity index (χ0) is 15.2. The summed E-state index contributed by atoms with van der Waals surface area (Å²) in [5.41, 5.74) is 2.17. The second kappa shape index (κ2) is 7.13. The van der Waals surface area contributed by atoms with Gasteiger partial charge < -0.3 is 14.8 Å². The Balaban J connectivity index is 2.49. The van der Waals surface area contributed by atoms with E-state index in [0.29, 0.717) is 0 Å². The summed E-state index contributed by atoms with van der Waals surface area (Å²) in [4.78, 5) is 0. The first-order valence-corrected chi connectivity index (χ1v) is 7.22. The van der Waals surface area contributed by atoms with Crippen LogP contribution in [-0.2, 0) is 6.54 Å². The van der Waals surface area contributed by atoms with E-state index in [9.17, 15) is 0 Å². The first-order valence-electron chi connectivity index (χ1n) is 7.22. The summed E-state index contributed by atoms with van der Waals surface area (Å²) in [6, 6.07) is 8.09. The number of benzene rings is 1. The third-order valence-electron chi connectivity index (χ3n) is 3.47. The lowest BCUT2D eigenvalue weighted by atomic mass is 10.0. The van der Waals surface area contributed by atoms with Crippen LogP contribution in [0.3, 0.4) is 0 Å². The summed E-state index contributed by atoms with van der Waals surface area (Å²) in [7, 11) is 3.35. The fraction of sp³-hybridized carbons (Fsp3) is 0.438. The minimum Gasteiger partial charge on any atom is -0.497 e. The van der Waals surface area contributed by atoms with E-state index in [1.165, 1.54) is 0 Å². The fourth-order valence-electron chi connectivity index (χ4n) is 2.48. The van der Waals surface area contributed by atoms with E-state index in [1.807, 2.05) is 22.9 Å². The highest BCUT2D eigenvalue weighted by Crippen LogP contribution is 2.31. The van der Waals surface area contributed by atoms with Gasteiger partial charge in [0.05, 0.1) is 26.5 Å². The van der Waals surface area contributed by atoms with Crippen LogP contribution in [0.15, 0.2) is 30.5 Å². The summed E-state index contributed by atoms with van der Waals surface area (Å²) in [5.74, 6) is 1.64. The van der Waals surface area contributed by atoms with Gasteiger partial charge in [0, 0.05) is 6.54 Å². The van der Waals surface area contributed by atoms with Crippen molar-refractivity contribution < 1.29 is 9.47 Å². The predicted octanol–water partition coefficient (Wildman–Crippen LogP) is 2.62. The Morgan fingerprint density at radius 1 is 1.24 bits per heavy atom. The molecule has 1 N–H and O–H groups in total. The van der Waals surface area contributed by atoms with Gasteiger partial charge in [-0.15, -0.1) is 0 Å². The molecule has 2 aromatic rings. The average molecular weight is 289 g/mol. The van der Waals surface area contributed by atoms with Crippen molar-refractivity contribution in [2.24, 2.45) is 0 Å². The lowest BCUT2D eigenvalue weighted by Gasteiger charge is -2.21. The molecule has 5 nitrogen and oxygen atoms in total. The van der Waals surface area contributed by atoms with Crippen LogP contribution in [0.2, 0.25) is 0 Å². The van der Waals surface area contributed by atoms with Crippen molar-refractivity contribution in [1.29, 1.82) is 0 Å². The molecular weight excluding hydrogens is 266 g/mol. The van der Waals surface area contributed by atoms with Crippen molar-refractivity contribution in [3.63, 3.8) is 0 Å². The maximum Gasteiger partial charge on any atom is 0.161 e. The normalized spacial score (nSPS) is 12.2. The van der Waals surface area contributed by atoms with Crippen LogP contribution in [0.4, 0.5) is 0 Å². The van der Waals surface area contributed by atoms with Crippen molar-refractivity contribution in [2.75, 3.05) is 20.8 Å². The largest absolute Gasteiger partial charge is 0.497 e. The molecule has 0 aliphatic rings. The van der Waals surface area contributed by atoms with Gasteiger partial charge in [0.25, 0.3) is 0 Å². The number of nitrogens with one attached hydrogen (secondary N) is 1. The van der Waals surface area contributed by atoms with Gasteiger partial charge in [-0.1, -0.05) is 19.1 Å². The van der Waals surface area contributed by atoms with Gasteiger partial charge in [-0.25, -0.2) is 0 Å². The van der Waals surface area contributed by atoms with Crippen molar-refractivity contribution in [3.8, 4) is 11.5 Å². The summed E-state index contributed by atoms with van der Waals surface area (Å²) >= 11 is 0. The molecule has 114 valence electrons. The Morgan fingerprint density at radius 2 is 2.05 bits per heavy atom. The fourth-order valence-corrected chi connectivity index (χ4v) is 2.48. The molecule has 1 heterocycles. The van der Waals surface area contributed by atoms with E-state index in [0.717, 1.165) is 35.8 Å². The van der Waals surface area contributed by atoms with Gasteiger partial charge in [0.2, 0.25) is 0 Å². The van der Waals surface area contributed by atoms with E-state index >= 15 is 0 Å². The highest BCUT2D eigenvalue weighted by molar-refractivity contribution is 5.39. The Hall–Kier alpha value is -2.01. The lowest BCUT2D eigenvalue weighted by Crippen LogP contribution is -2.25. The molecular formula is C16H23N3O2. The average Bonchev–Trinajstić information content (AvgIpc) is 2.95. The van der Waals surface area contributed by atoms with Gasteiger partial charge in [0.1, 0.15) is 11.4 Å². The molecule has 0 saturated carbocycles. The molecule has 0 bridgehead atoms. The highest BCUT2D eigenvalue weighted by Gasteiger charge is 2.22. The van der Waals surface area contributed by atoms with Gasteiger partial charge in [-0.2, -0.15) is 5.10 Å². The quantitative estimate of drug-likeness (QED) is 0.851. The molecule has 5 heteroatoms. The van der Waals surface area contributed by atoms with Crippen molar-refractivity contribution in [1.82, 2.24) is 15.1 Å². The molecule has 0 aliphatic carbocycles. The smallest absolute Gasteiger partial charge is 0.161 e. The number of methoxy groups -OCH3 is 2. The van der Waals surface area contributed by atoms with Gasteiger partial charge in [-0.3, -0.25) is 4.68 Å². The van der Waals surface area contributed by atoms with Crippen LogP contribution < -0.4 is 14.8 Å². The van der Waals surface area contributed by atoms with Gasteiger partial charge in [-0.05, 0) is 31.2 Å². The van der Waals surface area contributed by atoms with E-state index in [4.69, 9.17) is 9.47 Å². The number of rotatable bonds is 7. The van der Waals surface area contributed by atoms with Crippen molar-refractivity contribution in [3.05, 3.63) is 41.7 Å². The van der Waals surface area contributed by atoms with Gasteiger partial charge >= 0.3 is 0 Å². The van der Waals surface area contributed by atoms with Crippen LogP contribution >= 0.6 is 0 Å². The summed E-state index contributed by atoms with van der Waals surface area (Å²) in [5, 5.41) is 7.90. The van der Waals surface area contributed by atoms with Crippen LogP contribution in [0, 0.1) is 0 Å². The van der Waals surface area contributed by atoms with E-state index in [1.54, 1.807) is 20.4 Å². The summed E-state index contributed by atoms with van der Waals surface area (Å²) < 4.78 is 12.8. The van der Waals surface area contributed by atoms with E-state index in [-0.39, 0.29) is 6.04 Å². The lowest BCUT2D eigenvalue weighted by molar-refractivity contribution is 0.398. The molecule has 0 amide bonds. The molecule has 21 heavy (non-hydrogen) atoms. The first kappa shape index (κ1) is 15.4. The topological polar surface area (TPSA) is 48.3 Å². The summed E-state index contributed by atoms with van der Waals surface area (Å²) in [6.45, 7) is 5.81. The number of aryl methyl sites for hydroxylation is 1. The molecule has 1 aromatic carbocycles. The van der Waals surface area contributed by atoms with Crippen LogP contribution in [0.5, 0.6) is 11.5 Å². The third kappa shape index (κ3) is 3.19. The molecule has 1 atom stereocenters.